The van der Waals surface area contributed by atoms with Crippen LogP contribution in [0.4, 0.5) is 30.8 Å². The number of ether oxygens (including phenoxy) is 3. The number of nitrogens with one attached hydrogen (secondary N) is 2. The SMILES string of the molecule is CCc1cc([C@H]2O[C@@H](n3cnc4c(NCC(c5ccccc5)c5ccccc5)nc(N5CC[C@@H](NC(=O)c6ccc(N7CCOCC7)nc6)C5)nc43)[C@H](O)[C@@H]2OC(=O)C(F)(F)F)on1. The Morgan fingerprint density at radius 3 is 2.34 bits per heavy atom. The van der Waals surface area contributed by atoms with Crippen molar-refractivity contribution in [3.05, 3.63) is 120 Å². The molecule has 3 aliphatic heterocycles. The lowest BCUT2D eigenvalue weighted by Gasteiger charge is -2.27. The van der Waals surface area contributed by atoms with Crippen LogP contribution in [0.2, 0.25) is 0 Å². The molecular weight excluding hydrogens is 838 g/mol. The monoisotopic (exact) mass is 882 g/mol. The number of halogens is 3. The molecule has 0 spiro atoms. The number of alkyl halides is 3. The maximum atomic E-state index is 13.5. The highest BCUT2D eigenvalue weighted by atomic mass is 19.4. The van der Waals surface area contributed by atoms with E-state index in [0.717, 1.165) is 30.0 Å². The van der Waals surface area contributed by atoms with Crippen molar-refractivity contribution in [3.63, 3.8) is 0 Å². The Kier molecular flexibility index (Phi) is 12.1. The smallest absolute Gasteiger partial charge is 0.449 e. The molecule has 1 amide bonds. The van der Waals surface area contributed by atoms with E-state index in [1.807, 2.05) is 71.6 Å². The van der Waals surface area contributed by atoms with Gasteiger partial charge in [-0.2, -0.15) is 23.1 Å². The van der Waals surface area contributed by atoms with Gasteiger partial charge in [0.2, 0.25) is 5.95 Å². The average molecular weight is 883 g/mol. The van der Waals surface area contributed by atoms with Crippen LogP contribution in [0.25, 0.3) is 11.2 Å². The van der Waals surface area contributed by atoms with Gasteiger partial charge in [-0.25, -0.2) is 14.8 Å². The molecule has 3 saturated heterocycles. The number of pyridine rings is 1. The second-order valence-corrected chi connectivity index (χ2v) is 15.7. The van der Waals surface area contributed by atoms with Gasteiger partial charge < -0.3 is 44.3 Å². The number of nitrogens with zero attached hydrogens (tertiary/aromatic N) is 8. The molecule has 3 N–H and O–H groups in total. The first kappa shape index (κ1) is 42.7. The molecule has 64 heavy (non-hydrogen) atoms. The lowest BCUT2D eigenvalue weighted by Crippen LogP contribution is -2.38. The zero-order chi connectivity index (χ0) is 44.4. The Bertz CT molecular complexity index is 2520. The minimum absolute atomic E-state index is 0.0395. The fourth-order valence-electron chi connectivity index (χ4n) is 8.24. The summed E-state index contributed by atoms with van der Waals surface area (Å²) in [7, 11) is 0. The quantitative estimate of drug-likeness (QED) is 0.132. The summed E-state index contributed by atoms with van der Waals surface area (Å²) < 4.78 is 63.9. The highest BCUT2D eigenvalue weighted by Crippen LogP contribution is 2.43. The summed E-state index contributed by atoms with van der Waals surface area (Å²) in [5, 5.41) is 22.2. The van der Waals surface area contributed by atoms with E-state index in [9.17, 15) is 27.9 Å². The minimum Gasteiger partial charge on any atom is -0.449 e. The van der Waals surface area contributed by atoms with Crippen LogP contribution >= 0.6 is 0 Å². The minimum atomic E-state index is -5.35. The van der Waals surface area contributed by atoms with E-state index < -0.39 is 36.7 Å². The van der Waals surface area contributed by atoms with Gasteiger partial charge >= 0.3 is 12.1 Å². The van der Waals surface area contributed by atoms with Gasteiger partial charge in [0.25, 0.3) is 5.91 Å². The second kappa shape index (κ2) is 18.2. The number of aromatic nitrogens is 6. The van der Waals surface area contributed by atoms with Crippen molar-refractivity contribution in [2.75, 3.05) is 61.1 Å². The van der Waals surface area contributed by atoms with E-state index >= 15 is 0 Å². The molecule has 5 atom stereocenters. The molecule has 0 bridgehead atoms. The van der Waals surface area contributed by atoms with Crippen LogP contribution in [0.1, 0.15) is 64.5 Å². The first-order valence-corrected chi connectivity index (χ1v) is 21.0. The van der Waals surface area contributed by atoms with Gasteiger partial charge in [0.1, 0.15) is 11.9 Å². The highest BCUT2D eigenvalue weighted by Gasteiger charge is 2.53. The van der Waals surface area contributed by atoms with Crippen LogP contribution in [0.15, 0.2) is 95.9 Å². The van der Waals surface area contributed by atoms with Crippen molar-refractivity contribution in [1.29, 1.82) is 0 Å². The predicted octanol–water partition coefficient (Wildman–Crippen LogP) is 4.97. The number of aliphatic hydroxyl groups excluding tert-OH is 1. The van der Waals surface area contributed by atoms with Crippen LogP contribution < -0.4 is 20.4 Å². The number of carbonyl (C=O) groups excluding carboxylic acids is 2. The molecule has 0 aliphatic carbocycles. The molecule has 7 heterocycles. The maximum absolute atomic E-state index is 13.5. The molecule has 4 aromatic heterocycles. The topological polar surface area (TPSA) is 195 Å². The number of esters is 1. The number of amides is 1. The molecule has 17 nitrogen and oxygen atoms in total. The van der Waals surface area contributed by atoms with E-state index in [-0.39, 0.29) is 40.7 Å². The predicted molar refractivity (Wildman–Crippen MR) is 225 cm³/mol. The van der Waals surface area contributed by atoms with E-state index in [4.69, 9.17) is 28.7 Å². The first-order valence-electron chi connectivity index (χ1n) is 21.0. The molecular formula is C44H45F3N10O7. The summed E-state index contributed by atoms with van der Waals surface area (Å²) in [6, 6.07) is 24.7. The number of rotatable bonds is 13. The molecule has 334 valence electrons. The van der Waals surface area contributed by atoms with Crippen molar-refractivity contribution in [2.45, 2.75) is 62.4 Å². The van der Waals surface area contributed by atoms with Crippen molar-refractivity contribution in [1.82, 2.24) is 35.0 Å². The Morgan fingerprint density at radius 1 is 0.953 bits per heavy atom. The van der Waals surface area contributed by atoms with Gasteiger partial charge in [-0.3, -0.25) is 9.36 Å². The average Bonchev–Trinajstić information content (AvgIpc) is 4.14. The fraction of sp³-hybridized carbons (Fsp3) is 0.386. The van der Waals surface area contributed by atoms with Crippen molar-refractivity contribution < 1.29 is 46.6 Å². The summed E-state index contributed by atoms with van der Waals surface area (Å²) in [5.74, 6) is -1.58. The molecule has 0 unspecified atom stereocenters. The van der Waals surface area contributed by atoms with E-state index in [0.29, 0.717) is 62.8 Å². The summed E-state index contributed by atoms with van der Waals surface area (Å²) in [4.78, 5) is 48.6. The van der Waals surface area contributed by atoms with E-state index in [1.165, 1.54) is 17.0 Å². The Balaban J connectivity index is 1.02. The molecule has 0 saturated carbocycles. The summed E-state index contributed by atoms with van der Waals surface area (Å²) in [5.41, 5.74) is 3.43. The second-order valence-electron chi connectivity index (χ2n) is 15.7. The fourth-order valence-corrected chi connectivity index (χ4v) is 8.24. The highest BCUT2D eigenvalue weighted by molar-refractivity contribution is 5.94. The lowest BCUT2D eigenvalue weighted by atomic mass is 9.91. The van der Waals surface area contributed by atoms with Gasteiger partial charge in [-0.05, 0) is 36.1 Å². The van der Waals surface area contributed by atoms with Crippen LogP contribution in [-0.4, -0.2) is 117 Å². The van der Waals surface area contributed by atoms with Crippen LogP contribution in [0, 0.1) is 0 Å². The molecule has 3 fully saturated rings. The van der Waals surface area contributed by atoms with Gasteiger partial charge in [-0.15, -0.1) is 0 Å². The number of imidazole rings is 1. The largest absolute Gasteiger partial charge is 0.490 e. The third kappa shape index (κ3) is 8.93. The van der Waals surface area contributed by atoms with Crippen molar-refractivity contribution in [3.8, 4) is 0 Å². The van der Waals surface area contributed by atoms with Gasteiger partial charge in [0.15, 0.2) is 41.2 Å². The van der Waals surface area contributed by atoms with Gasteiger partial charge in [0.05, 0.1) is 30.8 Å². The molecule has 20 heteroatoms. The summed E-state index contributed by atoms with van der Waals surface area (Å²) in [6.45, 7) is 5.64. The van der Waals surface area contributed by atoms with Crippen molar-refractivity contribution >= 4 is 40.6 Å². The Morgan fingerprint density at radius 2 is 1.69 bits per heavy atom. The number of hydrogen-bond donors (Lipinski definition) is 3. The Hall–Kier alpha value is -6.64. The number of hydrogen-bond acceptors (Lipinski definition) is 15. The van der Waals surface area contributed by atoms with Crippen LogP contribution in [0.5, 0.6) is 0 Å². The number of aryl methyl sites for hydroxylation is 1. The number of aliphatic hydroxyl groups is 1. The van der Waals surface area contributed by atoms with E-state index in [2.05, 4.69) is 30.7 Å². The molecule has 3 aliphatic rings. The third-order valence-electron chi connectivity index (χ3n) is 11.6. The maximum Gasteiger partial charge on any atom is 0.490 e. The molecule has 2 aromatic carbocycles. The van der Waals surface area contributed by atoms with Crippen LogP contribution in [0.3, 0.4) is 0 Å². The van der Waals surface area contributed by atoms with Crippen LogP contribution in [-0.2, 0) is 25.4 Å². The Labute approximate surface area is 364 Å². The van der Waals surface area contributed by atoms with E-state index in [1.54, 1.807) is 19.2 Å². The molecule has 6 aromatic rings. The zero-order valence-electron chi connectivity index (χ0n) is 34.6. The number of benzene rings is 2. The number of morpholine rings is 1. The summed E-state index contributed by atoms with van der Waals surface area (Å²) >= 11 is 0. The third-order valence-corrected chi connectivity index (χ3v) is 11.6. The first-order chi connectivity index (χ1) is 31.0. The van der Waals surface area contributed by atoms with Gasteiger partial charge in [0, 0.05) is 56.9 Å². The van der Waals surface area contributed by atoms with Gasteiger partial charge in [-0.1, -0.05) is 72.7 Å². The standard InChI is InChI=1S/C44H45F3N10O7/c1-2-29-21-32(64-54-29)36-37(63-42(60)44(45,46)47)35(58)41(62-36)57-25-50-34-38(49-23-31(26-9-5-3-6-10-26)27-11-7-4-8-12-27)52-43(53-39(34)57)56-16-15-30(24-56)51-40(59)28-13-14-33(48-22-28)55-17-19-61-20-18-55/h3-14,21-22,25,30-31,35-37,41,58H,2,15-20,23-24H2,1H3,(H,51,59)(H,49,52,53)/t30-,35-,36-,37+,41-/m1/s1. The number of fused-ring (bicyclic) bond motifs is 1. The number of anilines is 3. The number of carbonyl (C=O) groups is 2. The lowest BCUT2D eigenvalue weighted by molar-refractivity contribution is -0.210. The molecule has 9 rings (SSSR count). The summed E-state index contributed by atoms with van der Waals surface area (Å²) in [6.07, 6.45) is -8.07. The molecule has 0 radical (unpaired) electrons. The zero-order valence-corrected chi connectivity index (χ0v) is 34.6. The normalized spacial score (nSPS) is 21.4. The van der Waals surface area contributed by atoms with Crippen molar-refractivity contribution in [2.24, 2.45) is 0 Å².